The molecular weight excluding hydrogens is 222 g/mol. The molecule has 0 saturated carbocycles. The summed E-state index contributed by atoms with van der Waals surface area (Å²) in [4.78, 5) is 0. The van der Waals surface area contributed by atoms with Crippen LogP contribution in [0.4, 0.5) is 0 Å². The summed E-state index contributed by atoms with van der Waals surface area (Å²) in [6, 6.07) is 6.62. The maximum Gasteiger partial charge on any atom is 0.0471 e. The van der Waals surface area contributed by atoms with Gasteiger partial charge in [-0.3, -0.25) is 0 Å². The molecule has 0 aromatic heterocycles. The molecular formula is C16H25NO. The minimum absolute atomic E-state index is 0.379. The first kappa shape index (κ1) is 13.6. The molecule has 1 N–H and O–H groups in total. The number of ether oxygens (including phenoxy) is 1. The van der Waals surface area contributed by atoms with Gasteiger partial charge in [0.25, 0.3) is 0 Å². The quantitative estimate of drug-likeness (QED) is 0.883. The van der Waals surface area contributed by atoms with Crippen molar-refractivity contribution < 1.29 is 4.74 Å². The number of benzene rings is 1. The van der Waals surface area contributed by atoms with E-state index in [1.165, 1.54) is 36.0 Å². The topological polar surface area (TPSA) is 21.3 Å². The molecule has 2 nitrogen and oxygen atoms in total. The molecule has 1 fully saturated rings. The van der Waals surface area contributed by atoms with Crippen LogP contribution in [0.3, 0.4) is 0 Å². The summed E-state index contributed by atoms with van der Waals surface area (Å²) in [6.45, 7) is 7.37. The van der Waals surface area contributed by atoms with Gasteiger partial charge in [0.2, 0.25) is 0 Å². The van der Waals surface area contributed by atoms with Crippen molar-refractivity contribution in [1.82, 2.24) is 5.32 Å². The Hall–Kier alpha value is -0.860. The van der Waals surface area contributed by atoms with Gasteiger partial charge in [-0.05, 0) is 62.3 Å². The molecule has 100 valence electrons. The summed E-state index contributed by atoms with van der Waals surface area (Å²) >= 11 is 0. The Kier molecular flexibility index (Phi) is 4.41. The lowest BCUT2D eigenvalue weighted by Gasteiger charge is -2.38. The molecule has 1 aromatic rings. The van der Waals surface area contributed by atoms with Crippen molar-refractivity contribution in [2.45, 2.75) is 33.1 Å². The highest BCUT2D eigenvalue weighted by Gasteiger charge is 2.32. The van der Waals surface area contributed by atoms with Crippen molar-refractivity contribution in [2.75, 3.05) is 26.8 Å². The van der Waals surface area contributed by atoms with E-state index in [2.05, 4.69) is 44.4 Å². The van der Waals surface area contributed by atoms with Gasteiger partial charge in [-0.2, -0.15) is 0 Å². The highest BCUT2D eigenvalue weighted by Crippen LogP contribution is 2.35. The van der Waals surface area contributed by atoms with E-state index < -0.39 is 0 Å². The van der Waals surface area contributed by atoms with Crippen LogP contribution in [0.5, 0.6) is 0 Å². The minimum Gasteiger partial charge on any atom is -0.381 e. The van der Waals surface area contributed by atoms with Gasteiger partial charge in [0.1, 0.15) is 0 Å². The molecule has 0 bridgehead atoms. The van der Waals surface area contributed by atoms with E-state index in [0.29, 0.717) is 5.41 Å². The molecule has 1 aliphatic heterocycles. The van der Waals surface area contributed by atoms with Crippen LogP contribution in [0.25, 0.3) is 0 Å². The maximum absolute atomic E-state index is 5.54. The van der Waals surface area contributed by atoms with Crippen LogP contribution in [0.2, 0.25) is 0 Å². The number of rotatable bonds is 4. The number of aryl methyl sites for hydroxylation is 2. The Morgan fingerprint density at radius 3 is 2.33 bits per heavy atom. The van der Waals surface area contributed by atoms with Crippen molar-refractivity contribution in [3.8, 4) is 0 Å². The Morgan fingerprint density at radius 2 is 1.78 bits per heavy atom. The van der Waals surface area contributed by atoms with E-state index in [1.54, 1.807) is 0 Å². The smallest absolute Gasteiger partial charge is 0.0471 e. The predicted molar refractivity (Wildman–Crippen MR) is 76.0 cm³/mol. The van der Waals surface area contributed by atoms with Crippen LogP contribution < -0.4 is 5.32 Å². The fraction of sp³-hybridized carbons (Fsp3) is 0.625. The zero-order valence-electron chi connectivity index (χ0n) is 11.9. The van der Waals surface area contributed by atoms with Crippen LogP contribution in [0.15, 0.2) is 18.2 Å². The average Bonchev–Trinajstić information content (AvgIpc) is 2.36. The molecule has 0 unspecified atom stereocenters. The Bertz CT molecular complexity index is 368. The molecule has 0 amide bonds. The predicted octanol–water partition coefficient (Wildman–Crippen LogP) is 2.86. The lowest BCUT2D eigenvalue weighted by atomic mass is 9.73. The molecule has 0 atom stereocenters. The van der Waals surface area contributed by atoms with E-state index in [-0.39, 0.29) is 0 Å². The first-order valence-electron chi connectivity index (χ1n) is 6.94. The second-order valence-corrected chi connectivity index (χ2v) is 5.69. The Labute approximate surface area is 111 Å². The average molecular weight is 247 g/mol. The second kappa shape index (κ2) is 5.85. The molecule has 1 aliphatic rings. The zero-order valence-corrected chi connectivity index (χ0v) is 11.9. The lowest BCUT2D eigenvalue weighted by molar-refractivity contribution is 0.0157. The van der Waals surface area contributed by atoms with Crippen LogP contribution in [-0.2, 0) is 11.2 Å². The normalized spacial score (nSPS) is 18.8. The van der Waals surface area contributed by atoms with Crippen LogP contribution in [-0.4, -0.2) is 26.8 Å². The summed E-state index contributed by atoms with van der Waals surface area (Å²) in [6.07, 6.45) is 3.51. The number of hydrogen-bond donors (Lipinski definition) is 1. The molecule has 2 heteroatoms. The molecule has 1 heterocycles. The van der Waals surface area contributed by atoms with E-state index in [1.807, 2.05) is 0 Å². The summed E-state index contributed by atoms with van der Waals surface area (Å²) in [5, 5.41) is 3.38. The summed E-state index contributed by atoms with van der Waals surface area (Å²) < 4.78 is 5.54. The van der Waals surface area contributed by atoms with Crippen molar-refractivity contribution in [3.05, 3.63) is 34.9 Å². The first-order valence-corrected chi connectivity index (χ1v) is 6.94. The summed E-state index contributed by atoms with van der Waals surface area (Å²) in [7, 11) is 2.06. The van der Waals surface area contributed by atoms with Crippen LogP contribution >= 0.6 is 0 Å². The van der Waals surface area contributed by atoms with Gasteiger partial charge in [0.05, 0.1) is 0 Å². The van der Waals surface area contributed by atoms with Crippen molar-refractivity contribution in [3.63, 3.8) is 0 Å². The maximum atomic E-state index is 5.54. The van der Waals surface area contributed by atoms with Gasteiger partial charge in [0, 0.05) is 19.8 Å². The largest absolute Gasteiger partial charge is 0.381 e. The third-order valence-corrected chi connectivity index (χ3v) is 4.30. The molecule has 0 aliphatic carbocycles. The summed E-state index contributed by atoms with van der Waals surface area (Å²) in [5.74, 6) is 0. The molecule has 0 spiro atoms. The van der Waals surface area contributed by atoms with Gasteiger partial charge < -0.3 is 10.1 Å². The van der Waals surface area contributed by atoms with Crippen molar-refractivity contribution in [1.29, 1.82) is 0 Å². The molecule has 18 heavy (non-hydrogen) atoms. The van der Waals surface area contributed by atoms with Crippen LogP contribution in [0.1, 0.15) is 29.5 Å². The molecule has 1 saturated heterocycles. The van der Waals surface area contributed by atoms with Gasteiger partial charge in [-0.15, -0.1) is 0 Å². The third kappa shape index (κ3) is 2.93. The van der Waals surface area contributed by atoms with Gasteiger partial charge in [0.15, 0.2) is 0 Å². The highest BCUT2D eigenvalue weighted by molar-refractivity contribution is 5.34. The van der Waals surface area contributed by atoms with Gasteiger partial charge >= 0.3 is 0 Å². The van der Waals surface area contributed by atoms with E-state index in [9.17, 15) is 0 Å². The van der Waals surface area contributed by atoms with Crippen molar-refractivity contribution >= 4 is 0 Å². The van der Waals surface area contributed by atoms with E-state index in [0.717, 1.165) is 19.8 Å². The van der Waals surface area contributed by atoms with Crippen LogP contribution in [0, 0.1) is 19.3 Å². The number of nitrogens with one attached hydrogen (secondary N) is 1. The van der Waals surface area contributed by atoms with Gasteiger partial charge in [-0.25, -0.2) is 0 Å². The first-order chi connectivity index (χ1) is 8.67. The third-order valence-electron chi connectivity index (χ3n) is 4.30. The fourth-order valence-corrected chi connectivity index (χ4v) is 3.10. The summed E-state index contributed by atoms with van der Waals surface area (Å²) in [5.41, 5.74) is 4.77. The standard InChI is InChI=1S/C16H25NO/c1-13-5-4-6-14(2)15(13)11-16(12-17-3)7-9-18-10-8-16/h4-6,17H,7-12H2,1-3H3. The van der Waals surface area contributed by atoms with Gasteiger partial charge in [-0.1, -0.05) is 18.2 Å². The fourth-order valence-electron chi connectivity index (χ4n) is 3.10. The number of hydrogen-bond acceptors (Lipinski definition) is 2. The zero-order chi connectivity index (χ0) is 13.0. The molecule has 1 aromatic carbocycles. The molecule has 2 rings (SSSR count). The Balaban J connectivity index is 2.23. The second-order valence-electron chi connectivity index (χ2n) is 5.69. The van der Waals surface area contributed by atoms with E-state index >= 15 is 0 Å². The SMILES string of the molecule is CNCC1(Cc2c(C)cccc2C)CCOCC1. The minimum atomic E-state index is 0.379. The lowest BCUT2D eigenvalue weighted by Crippen LogP contribution is -2.40. The molecule has 0 radical (unpaired) electrons. The monoisotopic (exact) mass is 247 g/mol. The van der Waals surface area contributed by atoms with E-state index in [4.69, 9.17) is 4.74 Å². The van der Waals surface area contributed by atoms with Crippen molar-refractivity contribution in [2.24, 2.45) is 5.41 Å². The highest BCUT2D eigenvalue weighted by atomic mass is 16.5. The Morgan fingerprint density at radius 1 is 1.17 bits per heavy atom.